The molecule has 0 unspecified atom stereocenters. The van der Waals surface area contributed by atoms with Crippen LogP contribution in [0.1, 0.15) is 21.5 Å². The first-order chi connectivity index (χ1) is 17.0. The molecule has 3 N–H and O–H groups in total. The summed E-state index contributed by atoms with van der Waals surface area (Å²) in [5, 5.41) is 2.65. The van der Waals surface area contributed by atoms with Gasteiger partial charge in [-0.05, 0) is 64.0 Å². The van der Waals surface area contributed by atoms with Crippen LogP contribution in [0.3, 0.4) is 0 Å². The monoisotopic (exact) mass is 617 g/mol. The summed E-state index contributed by atoms with van der Waals surface area (Å²) in [5.41, 5.74) is 5.42. The minimum Gasteiger partial charge on any atom is -0.383 e. The highest BCUT2D eigenvalue weighted by atomic mass is 127. The number of hydrogen-bond donors (Lipinski definition) is 2. The average Bonchev–Trinajstić information content (AvgIpc) is 3.29. The van der Waals surface area contributed by atoms with E-state index in [4.69, 9.17) is 5.73 Å². The van der Waals surface area contributed by atoms with Gasteiger partial charge >= 0.3 is 18.1 Å². The number of pyridine rings is 2. The number of nitrogen functional groups attached to an aromatic ring is 1. The number of ether oxygens (including phenoxy) is 1. The number of nitrogens with two attached hydrogens (primary N) is 1. The molecule has 8 nitrogen and oxygen atoms in total. The van der Waals surface area contributed by atoms with Crippen LogP contribution < -0.4 is 11.1 Å². The van der Waals surface area contributed by atoms with Gasteiger partial charge in [0, 0.05) is 16.2 Å². The number of nitrogens with one attached hydrogen (secondary N) is 1. The number of carbonyl (C=O) groups excluding carboxylic acids is 2. The number of aromatic nitrogens is 3. The van der Waals surface area contributed by atoms with Crippen molar-refractivity contribution in [1.29, 1.82) is 0 Å². The molecule has 14 heteroatoms. The molecule has 0 aliphatic carbocycles. The number of hydrogen-bond acceptors (Lipinski definition) is 7. The summed E-state index contributed by atoms with van der Waals surface area (Å²) in [7, 11) is 0. The highest BCUT2D eigenvalue weighted by Gasteiger charge is 2.43. The quantitative estimate of drug-likeness (QED) is 0.144. The zero-order valence-corrected chi connectivity index (χ0v) is 19.9. The molecule has 3 heterocycles. The van der Waals surface area contributed by atoms with Crippen LogP contribution in [0.5, 0.6) is 0 Å². The third-order valence-corrected chi connectivity index (χ3v) is 5.65. The molecule has 0 saturated heterocycles. The van der Waals surface area contributed by atoms with Gasteiger partial charge in [0.25, 0.3) is 0 Å². The number of rotatable bonds is 5. The first-order valence-corrected chi connectivity index (χ1v) is 11.0. The normalized spacial score (nSPS) is 11.5. The lowest BCUT2D eigenvalue weighted by Gasteiger charge is -2.17. The van der Waals surface area contributed by atoms with E-state index in [0.717, 1.165) is 6.07 Å². The number of imidazole rings is 1. The Bertz CT molecular complexity index is 1510. The first kappa shape index (κ1) is 25.3. The summed E-state index contributed by atoms with van der Waals surface area (Å²) in [4.78, 5) is 31.7. The largest absolute Gasteiger partial charge is 0.491 e. The maximum atomic E-state index is 14.5. The molecule has 4 rings (SSSR count). The van der Waals surface area contributed by atoms with Crippen LogP contribution in [-0.4, -0.2) is 32.5 Å². The van der Waals surface area contributed by atoms with E-state index in [1.165, 1.54) is 41.3 Å². The number of carbonyl (C=O) groups is 2. The molecule has 0 radical (unpaired) electrons. The van der Waals surface area contributed by atoms with Gasteiger partial charge in [0.2, 0.25) is 0 Å². The molecular formula is C22H13F5IN5O3. The molecule has 3 aromatic heterocycles. The number of alkyl halides is 3. The van der Waals surface area contributed by atoms with Crippen LogP contribution in [0.2, 0.25) is 0 Å². The summed E-state index contributed by atoms with van der Waals surface area (Å²) in [6.45, 7) is 0. The maximum absolute atomic E-state index is 14.5. The number of anilines is 3. The molecule has 36 heavy (non-hydrogen) atoms. The van der Waals surface area contributed by atoms with Crippen molar-refractivity contribution in [2.45, 2.75) is 12.6 Å². The van der Waals surface area contributed by atoms with Gasteiger partial charge in [0.05, 0.1) is 17.4 Å². The summed E-state index contributed by atoms with van der Waals surface area (Å²) in [6.07, 6.45) is -1.81. The van der Waals surface area contributed by atoms with Crippen LogP contribution >= 0.6 is 22.6 Å². The third kappa shape index (κ3) is 5.07. The Morgan fingerprint density at radius 1 is 1.14 bits per heavy atom. The zero-order chi connectivity index (χ0) is 26.2. The van der Waals surface area contributed by atoms with Gasteiger partial charge in [-0.25, -0.2) is 28.3 Å². The topological polar surface area (TPSA) is 112 Å². The number of halogens is 6. The highest BCUT2D eigenvalue weighted by Crippen LogP contribution is 2.31. The van der Waals surface area contributed by atoms with Crippen LogP contribution in [0.25, 0.3) is 5.52 Å². The van der Waals surface area contributed by atoms with Gasteiger partial charge in [-0.1, -0.05) is 0 Å². The molecule has 0 amide bonds. The fourth-order valence-corrected chi connectivity index (χ4v) is 3.79. The third-order valence-electron chi connectivity index (χ3n) is 4.98. The van der Waals surface area contributed by atoms with Gasteiger partial charge in [0.1, 0.15) is 23.5 Å². The van der Waals surface area contributed by atoms with Crippen molar-refractivity contribution >= 4 is 57.4 Å². The Kier molecular flexibility index (Phi) is 6.79. The molecule has 0 atom stereocenters. The summed E-state index contributed by atoms with van der Waals surface area (Å²) < 4.78 is 73.1. The van der Waals surface area contributed by atoms with Crippen LogP contribution in [0.15, 0.2) is 49.1 Å². The summed E-state index contributed by atoms with van der Waals surface area (Å²) in [6, 6.07) is 6.51. The second-order valence-corrected chi connectivity index (χ2v) is 8.60. The summed E-state index contributed by atoms with van der Waals surface area (Å²) in [5.74, 6) is -6.56. The molecule has 0 spiro atoms. The Labute approximate surface area is 212 Å². The number of esters is 2. The highest BCUT2D eigenvalue weighted by molar-refractivity contribution is 14.1. The molecule has 4 aromatic rings. The van der Waals surface area contributed by atoms with E-state index < -0.39 is 35.3 Å². The van der Waals surface area contributed by atoms with E-state index in [9.17, 15) is 31.5 Å². The number of nitrogens with zero attached hydrogens (tertiary/aromatic N) is 3. The van der Waals surface area contributed by atoms with Crippen molar-refractivity contribution in [3.05, 3.63) is 80.9 Å². The standard InChI is InChI=1S/C22H13F5IN5O3/c23-14-7-12(28)1-2-15(14)32-19-13(20(34)36-21(35)22(25,26)27)6-11(16-8-30-9-33(16)19)5-10-3-4-31-18(29)17(10)24/h1-4,6-9,32H,5H2,(H2,29,31). The van der Waals surface area contributed by atoms with E-state index in [2.05, 4.69) is 20.0 Å². The van der Waals surface area contributed by atoms with Crippen LogP contribution in [-0.2, 0) is 16.0 Å². The molecular weight excluding hydrogens is 604 g/mol. The second kappa shape index (κ2) is 9.67. The predicted octanol–water partition coefficient (Wildman–Crippen LogP) is 4.77. The lowest BCUT2D eigenvalue weighted by atomic mass is 10.0. The maximum Gasteiger partial charge on any atom is 0.491 e. The Morgan fingerprint density at radius 3 is 2.58 bits per heavy atom. The number of fused-ring (bicyclic) bond motifs is 1. The van der Waals surface area contributed by atoms with Gasteiger partial charge in [-0.2, -0.15) is 13.2 Å². The van der Waals surface area contributed by atoms with Crippen molar-refractivity contribution in [3.63, 3.8) is 0 Å². The molecule has 0 aliphatic heterocycles. The smallest absolute Gasteiger partial charge is 0.383 e. The molecule has 1 aromatic carbocycles. The Hall–Kier alpha value is -3.82. The van der Waals surface area contributed by atoms with Crippen LogP contribution in [0.4, 0.5) is 39.3 Å². The molecule has 0 aliphatic rings. The zero-order valence-electron chi connectivity index (χ0n) is 17.7. The SMILES string of the molecule is Nc1nccc(Cc2cc(C(=O)OC(=O)C(F)(F)F)c(Nc3ccc(I)cc3F)n3cncc23)c1F. The summed E-state index contributed by atoms with van der Waals surface area (Å²) >= 11 is 1.88. The minimum atomic E-state index is -5.44. The molecule has 186 valence electrons. The molecule has 0 saturated carbocycles. The fourth-order valence-electron chi connectivity index (χ4n) is 3.34. The van der Waals surface area contributed by atoms with E-state index in [0.29, 0.717) is 9.09 Å². The first-order valence-electron chi connectivity index (χ1n) is 9.88. The van der Waals surface area contributed by atoms with Crippen molar-refractivity contribution in [2.24, 2.45) is 0 Å². The minimum absolute atomic E-state index is 0.0701. The van der Waals surface area contributed by atoms with E-state index >= 15 is 0 Å². The lowest BCUT2D eigenvalue weighted by Crippen LogP contribution is -2.28. The van der Waals surface area contributed by atoms with Crippen molar-refractivity contribution in [3.8, 4) is 0 Å². The van der Waals surface area contributed by atoms with Crippen molar-refractivity contribution in [2.75, 3.05) is 11.1 Å². The van der Waals surface area contributed by atoms with Gasteiger partial charge in [0.15, 0.2) is 11.6 Å². The van der Waals surface area contributed by atoms with E-state index in [1.807, 2.05) is 22.6 Å². The molecule has 0 fully saturated rings. The van der Waals surface area contributed by atoms with Crippen LogP contribution in [0, 0.1) is 15.2 Å². The Morgan fingerprint density at radius 2 is 1.89 bits per heavy atom. The van der Waals surface area contributed by atoms with E-state index in [-0.39, 0.29) is 34.9 Å². The van der Waals surface area contributed by atoms with Gasteiger partial charge in [-0.15, -0.1) is 0 Å². The molecule has 0 bridgehead atoms. The van der Waals surface area contributed by atoms with E-state index in [1.54, 1.807) is 6.07 Å². The average molecular weight is 617 g/mol. The fraction of sp³-hybridized carbons (Fsp3) is 0.0909. The predicted molar refractivity (Wildman–Crippen MR) is 125 cm³/mol. The second-order valence-electron chi connectivity index (χ2n) is 7.35. The van der Waals surface area contributed by atoms with Gasteiger partial charge < -0.3 is 15.8 Å². The Balaban J connectivity index is 1.87. The van der Waals surface area contributed by atoms with Gasteiger partial charge in [-0.3, -0.25) is 4.40 Å². The van der Waals surface area contributed by atoms with Crippen molar-refractivity contribution in [1.82, 2.24) is 14.4 Å². The lowest BCUT2D eigenvalue weighted by molar-refractivity contribution is -0.193. The van der Waals surface area contributed by atoms with Crippen molar-refractivity contribution < 1.29 is 36.3 Å². The number of benzene rings is 1.